The predicted molar refractivity (Wildman–Crippen MR) is 90.6 cm³/mol. The van der Waals surface area contributed by atoms with Gasteiger partial charge in [-0.05, 0) is 54.6 Å². The summed E-state index contributed by atoms with van der Waals surface area (Å²) in [6.07, 6.45) is -0.349. The number of ether oxygens (including phenoxy) is 2. The van der Waals surface area contributed by atoms with Crippen LogP contribution in [-0.2, 0) is 9.47 Å². The maximum absolute atomic E-state index is 9.81. The molecule has 0 spiro atoms. The molecule has 0 aliphatic heterocycles. The molecule has 1 aromatic carbocycles. The zero-order chi connectivity index (χ0) is 15.0. The molecule has 20 heavy (non-hydrogen) atoms. The fraction of sp³-hybridized carbons (Fsp3) is 0.571. The van der Waals surface area contributed by atoms with Crippen LogP contribution in [0.5, 0.6) is 0 Å². The van der Waals surface area contributed by atoms with Gasteiger partial charge in [0.1, 0.15) is 0 Å². The third kappa shape index (κ3) is 7.64. The molecule has 0 saturated heterocycles. The van der Waals surface area contributed by atoms with Gasteiger partial charge in [-0.3, -0.25) is 0 Å². The zero-order valence-corrected chi connectivity index (χ0v) is 14.6. The summed E-state index contributed by atoms with van der Waals surface area (Å²) in [7, 11) is 0. The van der Waals surface area contributed by atoms with Gasteiger partial charge in [0.15, 0.2) is 0 Å². The molecular formula is C14H21ClINO3. The number of anilines is 1. The summed E-state index contributed by atoms with van der Waals surface area (Å²) >= 11 is 8.09. The molecule has 0 fully saturated rings. The maximum Gasteiger partial charge on any atom is 0.0945 e. The fourth-order valence-corrected chi connectivity index (χ4v) is 2.54. The van der Waals surface area contributed by atoms with Gasteiger partial charge < -0.3 is 19.9 Å². The van der Waals surface area contributed by atoms with Crippen LogP contribution in [0.25, 0.3) is 0 Å². The zero-order valence-electron chi connectivity index (χ0n) is 11.7. The predicted octanol–water partition coefficient (Wildman–Crippen LogP) is 3.16. The molecule has 0 aliphatic rings. The highest BCUT2D eigenvalue weighted by Crippen LogP contribution is 2.22. The average Bonchev–Trinajstić information content (AvgIpc) is 2.37. The molecule has 1 aromatic rings. The molecule has 1 unspecified atom stereocenters. The number of nitrogens with one attached hydrogen (secondary N) is 1. The number of hydrogen-bond donors (Lipinski definition) is 2. The SMILES string of the molecule is CC(C)OCCOCC(O)CNc1ccc(Cl)cc1I. The van der Waals surface area contributed by atoms with Crippen LogP contribution in [0.1, 0.15) is 13.8 Å². The van der Waals surface area contributed by atoms with E-state index in [1.807, 2.05) is 32.0 Å². The Labute approximate surface area is 138 Å². The largest absolute Gasteiger partial charge is 0.389 e. The molecule has 2 N–H and O–H groups in total. The lowest BCUT2D eigenvalue weighted by Gasteiger charge is -2.15. The molecule has 0 saturated carbocycles. The molecule has 0 heterocycles. The Morgan fingerprint density at radius 2 is 2.10 bits per heavy atom. The van der Waals surface area contributed by atoms with Crippen molar-refractivity contribution in [1.82, 2.24) is 0 Å². The normalized spacial score (nSPS) is 12.7. The molecule has 0 bridgehead atoms. The number of aliphatic hydroxyl groups excluding tert-OH is 1. The molecule has 6 heteroatoms. The minimum absolute atomic E-state index is 0.206. The minimum atomic E-state index is -0.555. The van der Waals surface area contributed by atoms with Gasteiger partial charge in [-0.2, -0.15) is 0 Å². The summed E-state index contributed by atoms with van der Waals surface area (Å²) in [6.45, 7) is 5.72. The van der Waals surface area contributed by atoms with Crippen molar-refractivity contribution < 1.29 is 14.6 Å². The van der Waals surface area contributed by atoms with Crippen molar-refractivity contribution in [1.29, 1.82) is 0 Å². The first-order valence-corrected chi connectivity index (χ1v) is 8.01. The Bertz CT molecular complexity index is 404. The van der Waals surface area contributed by atoms with Crippen LogP contribution < -0.4 is 5.32 Å². The van der Waals surface area contributed by atoms with Crippen LogP contribution in [-0.4, -0.2) is 43.7 Å². The molecule has 1 rings (SSSR count). The Morgan fingerprint density at radius 3 is 2.75 bits per heavy atom. The Morgan fingerprint density at radius 1 is 1.35 bits per heavy atom. The summed E-state index contributed by atoms with van der Waals surface area (Å²) in [5.41, 5.74) is 0.956. The van der Waals surface area contributed by atoms with Gasteiger partial charge >= 0.3 is 0 Å². The minimum Gasteiger partial charge on any atom is -0.389 e. The van der Waals surface area contributed by atoms with E-state index in [2.05, 4.69) is 27.9 Å². The van der Waals surface area contributed by atoms with Crippen LogP contribution in [0, 0.1) is 3.57 Å². The standard InChI is InChI=1S/C14H21ClINO3/c1-10(2)20-6-5-19-9-12(18)8-17-14-4-3-11(15)7-13(14)16/h3-4,7,10,12,17-18H,5-6,8-9H2,1-2H3. The van der Waals surface area contributed by atoms with Crippen LogP contribution >= 0.6 is 34.2 Å². The fourth-order valence-electron chi connectivity index (χ4n) is 1.48. The number of hydrogen-bond acceptors (Lipinski definition) is 4. The van der Waals surface area contributed by atoms with Gasteiger partial charge in [0.25, 0.3) is 0 Å². The summed E-state index contributed by atoms with van der Waals surface area (Å²) in [5.74, 6) is 0. The highest BCUT2D eigenvalue weighted by molar-refractivity contribution is 14.1. The molecule has 4 nitrogen and oxygen atoms in total. The van der Waals surface area contributed by atoms with Crippen molar-refractivity contribution in [2.75, 3.05) is 31.7 Å². The summed E-state index contributed by atoms with van der Waals surface area (Å²) < 4.78 is 11.7. The Balaban J connectivity index is 2.18. The quantitative estimate of drug-likeness (QED) is 0.482. The van der Waals surface area contributed by atoms with Crippen molar-refractivity contribution >= 4 is 39.9 Å². The molecule has 0 amide bonds. The van der Waals surface area contributed by atoms with E-state index in [9.17, 15) is 5.11 Å². The van der Waals surface area contributed by atoms with Gasteiger partial charge in [0, 0.05) is 20.8 Å². The summed E-state index contributed by atoms with van der Waals surface area (Å²) in [4.78, 5) is 0. The van der Waals surface area contributed by atoms with Gasteiger partial charge in [-0.25, -0.2) is 0 Å². The van der Waals surface area contributed by atoms with Gasteiger partial charge in [0.2, 0.25) is 0 Å². The number of benzene rings is 1. The van der Waals surface area contributed by atoms with E-state index in [1.165, 1.54) is 0 Å². The third-order valence-electron chi connectivity index (χ3n) is 2.45. The summed E-state index contributed by atoms with van der Waals surface area (Å²) in [5, 5.41) is 13.7. The van der Waals surface area contributed by atoms with Crippen LogP contribution in [0.3, 0.4) is 0 Å². The van der Waals surface area contributed by atoms with Crippen molar-refractivity contribution in [3.8, 4) is 0 Å². The average molecular weight is 414 g/mol. The molecule has 0 aromatic heterocycles. The second kappa shape index (κ2) is 9.78. The van der Waals surface area contributed by atoms with Gasteiger partial charge in [-0.15, -0.1) is 0 Å². The van der Waals surface area contributed by atoms with E-state index in [4.69, 9.17) is 21.1 Å². The van der Waals surface area contributed by atoms with Crippen molar-refractivity contribution in [3.05, 3.63) is 26.8 Å². The highest BCUT2D eigenvalue weighted by Gasteiger charge is 2.06. The second-order valence-electron chi connectivity index (χ2n) is 4.65. The first-order chi connectivity index (χ1) is 9.49. The number of halogens is 2. The Hall–Kier alpha value is -0.0800. The summed E-state index contributed by atoms with van der Waals surface area (Å²) in [6, 6.07) is 5.59. The first-order valence-electron chi connectivity index (χ1n) is 6.55. The Kier molecular flexibility index (Phi) is 8.79. The van der Waals surface area contributed by atoms with Crippen LogP contribution in [0.2, 0.25) is 5.02 Å². The monoisotopic (exact) mass is 413 g/mol. The molecule has 114 valence electrons. The van der Waals surface area contributed by atoms with E-state index in [0.29, 0.717) is 31.4 Å². The lowest BCUT2D eigenvalue weighted by atomic mass is 10.3. The maximum atomic E-state index is 9.81. The number of rotatable bonds is 9. The van der Waals surface area contributed by atoms with E-state index in [-0.39, 0.29) is 6.10 Å². The smallest absolute Gasteiger partial charge is 0.0945 e. The third-order valence-corrected chi connectivity index (χ3v) is 3.58. The first kappa shape index (κ1) is 18.0. The van der Waals surface area contributed by atoms with E-state index < -0.39 is 6.10 Å². The van der Waals surface area contributed by atoms with Gasteiger partial charge in [0.05, 0.1) is 32.0 Å². The van der Waals surface area contributed by atoms with Crippen LogP contribution in [0.4, 0.5) is 5.69 Å². The van der Waals surface area contributed by atoms with E-state index in [1.54, 1.807) is 0 Å². The van der Waals surface area contributed by atoms with Crippen LogP contribution in [0.15, 0.2) is 18.2 Å². The van der Waals surface area contributed by atoms with E-state index >= 15 is 0 Å². The van der Waals surface area contributed by atoms with Crippen molar-refractivity contribution in [2.45, 2.75) is 26.1 Å². The number of aliphatic hydroxyl groups is 1. The molecule has 0 aliphatic carbocycles. The molecule has 0 radical (unpaired) electrons. The van der Waals surface area contributed by atoms with Crippen molar-refractivity contribution in [2.24, 2.45) is 0 Å². The molecular weight excluding hydrogens is 393 g/mol. The van der Waals surface area contributed by atoms with E-state index in [0.717, 1.165) is 9.26 Å². The van der Waals surface area contributed by atoms with Gasteiger partial charge in [-0.1, -0.05) is 11.6 Å². The lowest BCUT2D eigenvalue weighted by Crippen LogP contribution is -2.26. The second-order valence-corrected chi connectivity index (χ2v) is 6.25. The highest BCUT2D eigenvalue weighted by atomic mass is 127. The van der Waals surface area contributed by atoms with Crippen molar-refractivity contribution in [3.63, 3.8) is 0 Å². The molecule has 1 atom stereocenters. The topological polar surface area (TPSA) is 50.7 Å². The lowest BCUT2D eigenvalue weighted by molar-refractivity contribution is -0.00734.